The highest BCUT2D eigenvalue weighted by Gasteiger charge is 1.96. The summed E-state index contributed by atoms with van der Waals surface area (Å²) >= 11 is 10.1. The molecule has 0 spiro atoms. The summed E-state index contributed by atoms with van der Waals surface area (Å²) in [6, 6.07) is 0. The first kappa shape index (κ1) is 6.99. The summed E-state index contributed by atoms with van der Waals surface area (Å²) in [5.74, 6) is 0. The number of hydrogen-bond donors (Lipinski definition) is 0. The molecule has 0 aliphatic carbocycles. The number of carbonyl (C=O) groups excluding carboxylic acids is 1. The van der Waals surface area contributed by atoms with Gasteiger partial charge in [0.2, 0.25) is 0 Å². The lowest BCUT2D eigenvalue weighted by Crippen LogP contribution is -1.80. The van der Waals surface area contributed by atoms with Crippen LogP contribution in [0.3, 0.4) is 0 Å². The molecule has 0 unspecified atom stereocenters. The summed E-state index contributed by atoms with van der Waals surface area (Å²) in [6.45, 7) is 1.64. The Labute approximate surface area is 51.9 Å². The van der Waals surface area contributed by atoms with Crippen molar-refractivity contribution < 1.29 is 4.79 Å². The number of carbonyl (C=O) groups is 1. The van der Waals surface area contributed by atoms with Gasteiger partial charge >= 0.3 is 0 Å². The SMILES string of the molecule is CC=C(Cl)C(=O)Cl. The summed E-state index contributed by atoms with van der Waals surface area (Å²) in [5, 5.41) is -0.536. The molecule has 0 aromatic rings. The van der Waals surface area contributed by atoms with E-state index in [1.165, 1.54) is 6.08 Å². The third-order valence-electron chi connectivity index (χ3n) is 0.441. The topological polar surface area (TPSA) is 17.1 Å². The van der Waals surface area contributed by atoms with E-state index >= 15 is 0 Å². The van der Waals surface area contributed by atoms with Crippen LogP contribution < -0.4 is 0 Å². The van der Waals surface area contributed by atoms with Crippen LogP contribution in [-0.4, -0.2) is 5.24 Å². The first-order valence-corrected chi connectivity index (χ1v) is 2.45. The Hall–Kier alpha value is -0.0100. The number of allylic oxidation sites excluding steroid dienone is 2. The van der Waals surface area contributed by atoms with Crippen LogP contribution in [0.1, 0.15) is 6.92 Å². The fourth-order valence-electron chi connectivity index (χ4n) is 0.113. The van der Waals surface area contributed by atoms with Gasteiger partial charge in [-0.25, -0.2) is 0 Å². The summed E-state index contributed by atoms with van der Waals surface area (Å²) in [5.41, 5.74) is 0. The molecule has 0 radical (unpaired) electrons. The minimum Gasteiger partial charge on any atom is -0.275 e. The zero-order chi connectivity index (χ0) is 5.86. The molecule has 0 bridgehead atoms. The van der Waals surface area contributed by atoms with Crippen molar-refractivity contribution in [1.82, 2.24) is 0 Å². The van der Waals surface area contributed by atoms with Gasteiger partial charge in [-0.1, -0.05) is 17.7 Å². The molecule has 0 rings (SSSR count). The summed E-state index contributed by atoms with van der Waals surface area (Å²) < 4.78 is 0. The van der Waals surface area contributed by atoms with Crippen molar-refractivity contribution in [3.63, 3.8) is 0 Å². The molecule has 0 aromatic carbocycles. The Morgan fingerprint density at radius 1 is 1.57 bits per heavy atom. The van der Waals surface area contributed by atoms with Crippen molar-refractivity contribution in [2.45, 2.75) is 6.92 Å². The molecule has 0 saturated heterocycles. The second kappa shape index (κ2) is 3.05. The third kappa shape index (κ3) is 2.66. The van der Waals surface area contributed by atoms with Gasteiger partial charge in [0.15, 0.2) is 0 Å². The van der Waals surface area contributed by atoms with E-state index in [4.69, 9.17) is 23.2 Å². The molecular formula is C4H4Cl2O. The van der Waals surface area contributed by atoms with Crippen LogP contribution in [0.2, 0.25) is 0 Å². The second-order valence-corrected chi connectivity index (χ2v) is 1.66. The van der Waals surface area contributed by atoms with E-state index in [-0.39, 0.29) is 5.03 Å². The van der Waals surface area contributed by atoms with Crippen molar-refractivity contribution in [3.05, 3.63) is 11.1 Å². The highest BCUT2D eigenvalue weighted by atomic mass is 35.5. The van der Waals surface area contributed by atoms with E-state index in [2.05, 4.69) is 0 Å². The molecule has 0 saturated carbocycles. The largest absolute Gasteiger partial charge is 0.275 e. The van der Waals surface area contributed by atoms with E-state index in [1.807, 2.05) is 0 Å². The monoisotopic (exact) mass is 138 g/mol. The Balaban J connectivity index is 3.82. The minimum absolute atomic E-state index is 0.0710. The molecule has 3 heteroatoms. The van der Waals surface area contributed by atoms with Gasteiger partial charge in [-0.15, -0.1) is 0 Å². The Morgan fingerprint density at radius 2 is 2.00 bits per heavy atom. The van der Waals surface area contributed by atoms with Crippen LogP contribution in [0.4, 0.5) is 0 Å². The highest BCUT2D eigenvalue weighted by molar-refractivity contribution is 6.74. The molecule has 0 aliphatic rings. The predicted molar refractivity (Wildman–Crippen MR) is 30.5 cm³/mol. The standard InChI is InChI=1S/C4H4Cl2O/c1-2-3(5)4(6)7/h2H,1H3. The average Bonchev–Trinajstić information content (AvgIpc) is 1.65. The van der Waals surface area contributed by atoms with Crippen molar-refractivity contribution in [2.75, 3.05) is 0 Å². The quantitative estimate of drug-likeness (QED) is 0.400. The van der Waals surface area contributed by atoms with E-state index < -0.39 is 5.24 Å². The average molecular weight is 139 g/mol. The summed E-state index contributed by atoms with van der Waals surface area (Å²) in [6.07, 6.45) is 1.44. The molecule has 1 nitrogen and oxygen atoms in total. The fraction of sp³-hybridized carbons (Fsp3) is 0.250. The Morgan fingerprint density at radius 3 is 2.00 bits per heavy atom. The molecule has 0 heterocycles. The summed E-state index contributed by atoms with van der Waals surface area (Å²) in [4.78, 5) is 9.94. The van der Waals surface area contributed by atoms with Crippen molar-refractivity contribution in [3.8, 4) is 0 Å². The smallest absolute Gasteiger partial charge is 0.263 e. The summed E-state index contributed by atoms with van der Waals surface area (Å²) in [7, 11) is 0. The minimum atomic E-state index is -0.607. The Bertz CT molecular complexity index is 106. The van der Waals surface area contributed by atoms with Crippen LogP contribution in [0, 0.1) is 0 Å². The van der Waals surface area contributed by atoms with Gasteiger partial charge in [0.1, 0.15) is 0 Å². The molecule has 0 aromatic heterocycles. The molecule has 0 atom stereocenters. The van der Waals surface area contributed by atoms with Crippen LogP contribution in [0.25, 0.3) is 0 Å². The third-order valence-corrected chi connectivity index (χ3v) is 1.13. The van der Waals surface area contributed by atoms with Gasteiger partial charge in [-0.2, -0.15) is 0 Å². The first-order valence-electron chi connectivity index (χ1n) is 1.70. The van der Waals surface area contributed by atoms with E-state index in [1.54, 1.807) is 6.92 Å². The van der Waals surface area contributed by atoms with Gasteiger partial charge in [0.05, 0.1) is 5.03 Å². The van der Waals surface area contributed by atoms with Crippen LogP contribution in [0.15, 0.2) is 11.1 Å². The lowest BCUT2D eigenvalue weighted by molar-refractivity contribution is -0.108. The van der Waals surface area contributed by atoms with Gasteiger partial charge < -0.3 is 0 Å². The van der Waals surface area contributed by atoms with E-state index in [0.29, 0.717) is 0 Å². The van der Waals surface area contributed by atoms with Gasteiger partial charge in [-0.3, -0.25) is 4.79 Å². The Kier molecular flexibility index (Phi) is 3.05. The molecule has 0 aliphatic heterocycles. The lowest BCUT2D eigenvalue weighted by atomic mass is 10.6. The lowest BCUT2D eigenvalue weighted by Gasteiger charge is -1.79. The van der Waals surface area contributed by atoms with Crippen molar-refractivity contribution in [1.29, 1.82) is 0 Å². The molecule has 0 amide bonds. The van der Waals surface area contributed by atoms with Crippen molar-refractivity contribution >= 4 is 28.4 Å². The molecule has 7 heavy (non-hydrogen) atoms. The fourth-order valence-corrected chi connectivity index (χ4v) is 0.223. The molecule has 40 valence electrons. The maximum absolute atomic E-state index is 9.94. The zero-order valence-electron chi connectivity index (χ0n) is 3.74. The van der Waals surface area contributed by atoms with Crippen LogP contribution in [0.5, 0.6) is 0 Å². The van der Waals surface area contributed by atoms with E-state index in [0.717, 1.165) is 0 Å². The first-order chi connectivity index (χ1) is 3.18. The van der Waals surface area contributed by atoms with Crippen LogP contribution >= 0.6 is 23.2 Å². The van der Waals surface area contributed by atoms with Gasteiger partial charge in [0, 0.05) is 0 Å². The maximum Gasteiger partial charge on any atom is 0.263 e. The van der Waals surface area contributed by atoms with Gasteiger partial charge in [0.25, 0.3) is 5.24 Å². The number of halogens is 2. The van der Waals surface area contributed by atoms with Crippen molar-refractivity contribution in [2.24, 2.45) is 0 Å². The molecule has 0 N–H and O–H groups in total. The molecular weight excluding hydrogens is 135 g/mol. The molecule has 0 fully saturated rings. The normalized spacial score (nSPS) is 11.6. The highest BCUT2D eigenvalue weighted by Crippen LogP contribution is 2.03. The van der Waals surface area contributed by atoms with E-state index in [9.17, 15) is 4.79 Å². The second-order valence-electron chi connectivity index (χ2n) is 0.910. The van der Waals surface area contributed by atoms with Crippen LogP contribution in [-0.2, 0) is 4.79 Å². The zero-order valence-corrected chi connectivity index (χ0v) is 5.25. The number of rotatable bonds is 1. The maximum atomic E-state index is 9.94. The van der Waals surface area contributed by atoms with Gasteiger partial charge in [-0.05, 0) is 18.5 Å². The number of hydrogen-bond acceptors (Lipinski definition) is 1. The predicted octanol–water partition coefficient (Wildman–Crippen LogP) is 1.89.